The molecule has 0 saturated heterocycles. The van der Waals surface area contributed by atoms with Crippen molar-refractivity contribution in [3.8, 4) is 0 Å². The Morgan fingerprint density at radius 2 is 1.33 bits per heavy atom. The smallest absolute Gasteiger partial charge is 0.225 e. The lowest BCUT2D eigenvalue weighted by Crippen LogP contribution is -2.00. The lowest BCUT2D eigenvalue weighted by atomic mass is 9.91. The molecule has 0 rings (SSSR count). The minimum Gasteiger partial charge on any atom is -0.286 e. The average Bonchev–Trinajstić information content (AvgIpc) is 2.38. The second-order valence-corrected chi connectivity index (χ2v) is 7.47. The van der Waals surface area contributed by atoms with Gasteiger partial charge in [-0.2, -0.15) is 0 Å². The molecule has 0 aromatic carbocycles. The first-order valence-electron chi connectivity index (χ1n) is 8.99. The Kier molecular flexibility index (Phi) is 12.7. The first-order chi connectivity index (χ1) is 9.95. The van der Waals surface area contributed by atoms with Gasteiger partial charge in [-0.3, -0.25) is 4.79 Å². The lowest BCUT2D eigenvalue weighted by molar-refractivity contribution is 0.389. The second-order valence-electron chi connectivity index (χ2n) is 7.47. The van der Waals surface area contributed by atoms with Gasteiger partial charge < -0.3 is 0 Å². The summed E-state index contributed by atoms with van der Waals surface area (Å²) in [5.74, 6) is 2.57. The molecular weight excluding hydrogens is 256 g/mol. The van der Waals surface area contributed by atoms with Crippen molar-refractivity contribution in [3.05, 3.63) is 11.6 Å². The molecule has 0 aliphatic rings. The van der Waals surface area contributed by atoms with Crippen molar-refractivity contribution in [3.63, 3.8) is 0 Å². The summed E-state index contributed by atoms with van der Waals surface area (Å²) < 4.78 is 0. The van der Waals surface area contributed by atoms with Crippen molar-refractivity contribution in [1.29, 1.82) is 0 Å². The van der Waals surface area contributed by atoms with Crippen molar-refractivity contribution in [2.75, 3.05) is 0 Å². The third-order valence-corrected chi connectivity index (χ3v) is 4.45. The topological polar surface area (TPSA) is 17.1 Å². The number of allylic oxidation sites excluding steroid dienone is 2. The molecule has 123 valence electrons. The quantitative estimate of drug-likeness (QED) is 0.355. The van der Waals surface area contributed by atoms with Crippen LogP contribution in [0.4, 0.5) is 0 Å². The van der Waals surface area contributed by atoms with E-state index in [1.54, 1.807) is 6.08 Å². The lowest BCUT2D eigenvalue weighted by Gasteiger charge is -2.15. The zero-order chi connectivity index (χ0) is 16.1. The summed E-state index contributed by atoms with van der Waals surface area (Å²) in [7, 11) is 0. The maximum atomic E-state index is 10.2. The predicted molar refractivity (Wildman–Crippen MR) is 94.2 cm³/mol. The number of rotatable bonds is 13. The van der Waals surface area contributed by atoms with E-state index in [9.17, 15) is 4.79 Å². The van der Waals surface area contributed by atoms with Gasteiger partial charge in [-0.1, -0.05) is 78.2 Å². The van der Waals surface area contributed by atoms with Gasteiger partial charge in [0.25, 0.3) is 0 Å². The fraction of sp³-hybridized carbons (Fsp3) is 0.850. The van der Waals surface area contributed by atoms with Gasteiger partial charge in [0.1, 0.15) is 0 Å². The molecule has 0 heterocycles. The molecule has 2 unspecified atom stereocenters. The third kappa shape index (κ3) is 14.1. The largest absolute Gasteiger partial charge is 0.286 e. The van der Waals surface area contributed by atoms with Crippen molar-refractivity contribution < 1.29 is 4.79 Å². The second kappa shape index (κ2) is 13.1. The molecule has 0 aromatic heterocycles. The van der Waals surface area contributed by atoms with Gasteiger partial charge in [0.05, 0.1) is 0 Å². The molecule has 1 heteroatoms. The summed E-state index contributed by atoms with van der Waals surface area (Å²) in [4.78, 5) is 10.2. The van der Waals surface area contributed by atoms with E-state index < -0.39 is 0 Å². The van der Waals surface area contributed by atoms with Crippen LogP contribution in [0, 0.1) is 17.8 Å². The molecule has 1 nitrogen and oxygen atoms in total. The van der Waals surface area contributed by atoms with Crippen LogP contribution in [0.25, 0.3) is 0 Å². The number of hydrogen-bond acceptors (Lipinski definition) is 1. The molecule has 0 fully saturated rings. The molecule has 21 heavy (non-hydrogen) atoms. The van der Waals surface area contributed by atoms with E-state index in [0.717, 1.165) is 29.7 Å². The highest BCUT2D eigenvalue weighted by atomic mass is 16.1. The normalized spacial score (nSPS) is 15.2. The summed E-state index contributed by atoms with van der Waals surface area (Å²) in [6, 6.07) is 0. The van der Waals surface area contributed by atoms with E-state index in [-0.39, 0.29) is 0 Å². The van der Waals surface area contributed by atoms with Gasteiger partial charge in [-0.15, -0.1) is 0 Å². The van der Waals surface area contributed by atoms with Crippen molar-refractivity contribution >= 4 is 6.29 Å². The van der Waals surface area contributed by atoms with Gasteiger partial charge in [0, 0.05) is 0 Å². The van der Waals surface area contributed by atoms with Crippen molar-refractivity contribution in [1.82, 2.24) is 0 Å². The fourth-order valence-electron chi connectivity index (χ4n) is 2.88. The van der Waals surface area contributed by atoms with Crippen LogP contribution in [-0.4, -0.2) is 6.29 Å². The van der Waals surface area contributed by atoms with Crippen LogP contribution in [0.15, 0.2) is 11.6 Å². The molecule has 1 radical (unpaired) electrons. The number of carbonyl (C=O) groups excluding carboxylic acids is 1. The minimum atomic E-state index is 0.820. The molecule has 0 bridgehead atoms. The fourth-order valence-corrected chi connectivity index (χ4v) is 2.88. The summed E-state index contributed by atoms with van der Waals surface area (Å²) >= 11 is 0. The van der Waals surface area contributed by atoms with Crippen molar-refractivity contribution in [2.45, 2.75) is 92.4 Å². The van der Waals surface area contributed by atoms with E-state index in [0.29, 0.717) is 0 Å². The molecule has 0 saturated carbocycles. The average molecular weight is 294 g/mol. The number of hydrogen-bond donors (Lipinski definition) is 0. The molecule has 0 aromatic rings. The highest BCUT2D eigenvalue weighted by Gasteiger charge is 2.06. The summed E-state index contributed by atoms with van der Waals surface area (Å²) in [6.07, 6.45) is 15.3. The Balaban J connectivity index is 3.54. The zero-order valence-corrected chi connectivity index (χ0v) is 15.1. The Morgan fingerprint density at radius 3 is 1.81 bits per heavy atom. The van der Waals surface area contributed by atoms with Crippen LogP contribution in [0.2, 0.25) is 0 Å². The summed E-state index contributed by atoms with van der Waals surface area (Å²) in [5.41, 5.74) is 1.16. The van der Waals surface area contributed by atoms with Crippen LogP contribution in [0.5, 0.6) is 0 Å². The molecule has 0 aliphatic carbocycles. The maximum absolute atomic E-state index is 10.2. The predicted octanol–water partition coefficient (Wildman–Crippen LogP) is 6.48. The van der Waals surface area contributed by atoms with E-state index in [2.05, 4.69) is 27.7 Å². The first kappa shape index (κ1) is 20.4. The van der Waals surface area contributed by atoms with Crippen LogP contribution in [-0.2, 0) is 4.79 Å². The van der Waals surface area contributed by atoms with Crippen LogP contribution in [0.3, 0.4) is 0 Å². The summed E-state index contributed by atoms with van der Waals surface area (Å²) in [6.45, 7) is 11.4. The van der Waals surface area contributed by atoms with E-state index in [1.807, 2.05) is 13.2 Å². The first-order valence-corrected chi connectivity index (χ1v) is 8.99. The Hall–Kier alpha value is -0.590. The molecule has 2 atom stereocenters. The Morgan fingerprint density at radius 1 is 0.857 bits per heavy atom. The van der Waals surface area contributed by atoms with Gasteiger partial charge in [-0.05, 0) is 43.6 Å². The van der Waals surface area contributed by atoms with E-state index in [4.69, 9.17) is 0 Å². The Bertz CT molecular complexity index is 278. The highest BCUT2D eigenvalue weighted by Crippen LogP contribution is 2.21. The minimum absolute atomic E-state index is 0.820. The molecule has 0 aliphatic heterocycles. The molecular formula is C20H37O. The van der Waals surface area contributed by atoms with Gasteiger partial charge in [0.15, 0.2) is 0 Å². The Labute approximate surface area is 133 Å². The molecule has 0 amide bonds. The van der Waals surface area contributed by atoms with Crippen LogP contribution >= 0.6 is 0 Å². The van der Waals surface area contributed by atoms with Crippen LogP contribution < -0.4 is 0 Å². The molecule has 0 spiro atoms. The zero-order valence-electron chi connectivity index (χ0n) is 15.1. The summed E-state index contributed by atoms with van der Waals surface area (Å²) in [5, 5.41) is 0. The van der Waals surface area contributed by atoms with E-state index >= 15 is 0 Å². The van der Waals surface area contributed by atoms with Gasteiger partial charge in [0.2, 0.25) is 6.29 Å². The van der Waals surface area contributed by atoms with Gasteiger partial charge in [-0.25, -0.2) is 0 Å². The standard InChI is InChI=1S/C20H37O/c1-17(2)9-6-10-18(3)11-7-12-19(4)13-8-14-20(5)15-16-21/h15,17-19H,6-14H2,1-5H3/b20-15+. The van der Waals surface area contributed by atoms with E-state index in [1.165, 1.54) is 51.4 Å². The van der Waals surface area contributed by atoms with Crippen molar-refractivity contribution in [2.24, 2.45) is 17.8 Å². The van der Waals surface area contributed by atoms with Gasteiger partial charge >= 0.3 is 0 Å². The highest BCUT2D eigenvalue weighted by molar-refractivity contribution is 5.66. The van der Waals surface area contributed by atoms with Crippen LogP contribution in [0.1, 0.15) is 92.4 Å². The SMILES string of the molecule is C/C(=C\[C]=O)CCCC(C)CCCC(C)CCCC(C)C. The monoisotopic (exact) mass is 293 g/mol. The third-order valence-electron chi connectivity index (χ3n) is 4.45. The molecule has 0 N–H and O–H groups in total. The maximum Gasteiger partial charge on any atom is 0.225 e.